The number of hydrogen-bond donors (Lipinski definition) is 1. The largest absolute Gasteiger partial charge is 3.00 e. The van der Waals surface area contributed by atoms with Crippen LogP contribution >= 0.6 is 0 Å². The summed E-state index contributed by atoms with van der Waals surface area (Å²) in [6.45, 7) is 8.40. The van der Waals surface area contributed by atoms with E-state index in [0.29, 0.717) is 0 Å². The van der Waals surface area contributed by atoms with Crippen molar-refractivity contribution in [3.05, 3.63) is 13.8 Å². The van der Waals surface area contributed by atoms with Crippen LogP contribution in [0.2, 0.25) is 0 Å². The first-order valence-corrected chi connectivity index (χ1v) is 2.99. The molecular formula is C7H14O2Y+. The van der Waals surface area contributed by atoms with E-state index in [1.165, 1.54) is 12.8 Å². The van der Waals surface area contributed by atoms with Crippen LogP contribution in [0.15, 0.2) is 0 Å². The standard InChI is InChI=1S/C5H11.C2H3O2.Y/c1-3-5-4-2;1-2(3)4;/h1,3-5H2,2H3;1H2,(H,3,4);/q2*-1;+3. The maximum atomic E-state index is 8.89. The van der Waals surface area contributed by atoms with Crippen LogP contribution in [-0.4, -0.2) is 11.1 Å². The predicted molar refractivity (Wildman–Crippen MR) is 37.9 cm³/mol. The quantitative estimate of drug-likeness (QED) is 0.720. The molecule has 56 valence electrons. The van der Waals surface area contributed by atoms with Gasteiger partial charge in [-0.15, -0.1) is 0 Å². The van der Waals surface area contributed by atoms with Gasteiger partial charge in [0.05, 0.1) is 0 Å². The minimum Gasteiger partial charge on any atom is -0.503 e. The van der Waals surface area contributed by atoms with Gasteiger partial charge < -0.3 is 12.0 Å². The van der Waals surface area contributed by atoms with Gasteiger partial charge in [-0.1, -0.05) is 19.8 Å². The van der Waals surface area contributed by atoms with Crippen LogP contribution in [-0.2, 0) is 37.5 Å². The number of unbranched alkanes of at least 4 members (excludes halogenated alkanes) is 2. The van der Waals surface area contributed by atoms with Crippen molar-refractivity contribution in [3.8, 4) is 0 Å². The molecule has 0 saturated carbocycles. The molecule has 2 nitrogen and oxygen atoms in total. The van der Waals surface area contributed by atoms with E-state index in [1.807, 2.05) is 0 Å². The van der Waals surface area contributed by atoms with Gasteiger partial charge in [-0.25, -0.2) is 0 Å². The number of hydrogen-bond acceptors (Lipinski definition) is 1. The summed E-state index contributed by atoms with van der Waals surface area (Å²) in [6, 6.07) is 0. The van der Waals surface area contributed by atoms with Gasteiger partial charge in [-0.2, -0.15) is 6.42 Å². The third-order valence-electron chi connectivity index (χ3n) is 0.604. The molecule has 0 amide bonds. The zero-order valence-electron chi connectivity index (χ0n) is 6.47. The van der Waals surface area contributed by atoms with Crippen LogP contribution in [0, 0.1) is 13.8 Å². The number of carboxylic acid groups (broad SMARTS) is 1. The Morgan fingerprint density at radius 2 is 1.90 bits per heavy atom. The van der Waals surface area contributed by atoms with Crippen molar-refractivity contribution >= 4 is 5.97 Å². The average Bonchev–Trinajstić information content (AvgIpc) is 1.66. The molecule has 0 unspecified atom stereocenters. The summed E-state index contributed by atoms with van der Waals surface area (Å²) in [4.78, 5) is 8.89. The van der Waals surface area contributed by atoms with Crippen molar-refractivity contribution in [2.24, 2.45) is 0 Å². The third kappa shape index (κ3) is 78.3. The molecule has 0 aliphatic rings. The van der Waals surface area contributed by atoms with Crippen molar-refractivity contribution in [3.63, 3.8) is 0 Å². The Balaban J connectivity index is -0.0000000910. The Morgan fingerprint density at radius 1 is 1.60 bits per heavy atom. The molecule has 0 rings (SSSR count). The molecule has 0 bridgehead atoms. The zero-order valence-corrected chi connectivity index (χ0v) is 9.31. The van der Waals surface area contributed by atoms with E-state index in [9.17, 15) is 0 Å². The molecule has 0 aromatic rings. The van der Waals surface area contributed by atoms with Crippen LogP contribution in [0.5, 0.6) is 0 Å². The molecule has 0 saturated heterocycles. The number of carboxylic acids is 1. The monoisotopic (exact) mass is 219 g/mol. The Bertz CT molecular complexity index is 58.6. The van der Waals surface area contributed by atoms with E-state index in [0.717, 1.165) is 6.42 Å². The molecule has 1 N–H and O–H groups in total. The van der Waals surface area contributed by atoms with Gasteiger partial charge in [0.1, 0.15) is 0 Å². The summed E-state index contributed by atoms with van der Waals surface area (Å²) in [7, 11) is 0. The smallest absolute Gasteiger partial charge is 0.503 e. The van der Waals surface area contributed by atoms with Crippen LogP contribution < -0.4 is 0 Å². The molecule has 0 radical (unpaired) electrons. The Labute approximate surface area is 88.3 Å². The van der Waals surface area contributed by atoms with E-state index < -0.39 is 5.97 Å². The van der Waals surface area contributed by atoms with Crippen molar-refractivity contribution in [2.75, 3.05) is 0 Å². The minimum absolute atomic E-state index is 0. The summed E-state index contributed by atoms with van der Waals surface area (Å²) in [5, 5.41) is 7.31. The molecule has 0 aliphatic carbocycles. The Morgan fingerprint density at radius 3 is 1.90 bits per heavy atom. The number of aliphatic carboxylic acids is 1. The Hall–Kier alpha value is 0.444. The summed E-state index contributed by atoms with van der Waals surface area (Å²) in [5.41, 5.74) is 0. The third-order valence-corrected chi connectivity index (χ3v) is 0.604. The number of carbonyl (C=O) groups is 1. The van der Waals surface area contributed by atoms with Gasteiger partial charge in [0, 0.05) is 0 Å². The van der Waals surface area contributed by atoms with Crippen LogP contribution in [0.3, 0.4) is 0 Å². The molecule has 0 aromatic heterocycles. The molecular weight excluding hydrogens is 205 g/mol. The Kier molecular flexibility index (Phi) is 27.3. The van der Waals surface area contributed by atoms with Crippen molar-refractivity contribution in [1.82, 2.24) is 0 Å². The molecule has 0 heterocycles. The van der Waals surface area contributed by atoms with Gasteiger partial charge in [-0.3, -0.25) is 11.7 Å². The van der Waals surface area contributed by atoms with Gasteiger partial charge >= 0.3 is 32.7 Å². The van der Waals surface area contributed by atoms with E-state index in [4.69, 9.17) is 9.90 Å². The minimum atomic E-state index is -1.08. The second kappa shape index (κ2) is 16.2. The van der Waals surface area contributed by atoms with E-state index in [-0.39, 0.29) is 32.7 Å². The molecule has 10 heavy (non-hydrogen) atoms. The molecule has 0 spiro atoms. The molecule has 0 fully saturated rings. The summed E-state index contributed by atoms with van der Waals surface area (Å²) in [5.74, 6) is -1.08. The van der Waals surface area contributed by atoms with E-state index in [2.05, 4.69) is 20.8 Å². The SMILES string of the molecule is [CH2-]C(=O)O.[CH2-]CCCC.[Y+3]. The van der Waals surface area contributed by atoms with Crippen LogP contribution in [0.4, 0.5) is 0 Å². The average molecular weight is 219 g/mol. The first-order chi connectivity index (χ1) is 4.15. The first kappa shape index (κ1) is 16.8. The maximum absolute atomic E-state index is 8.89. The maximum Gasteiger partial charge on any atom is 3.00 e. The fourth-order valence-electron chi connectivity index (χ4n) is 0.250. The van der Waals surface area contributed by atoms with Gasteiger partial charge in [0.15, 0.2) is 5.97 Å². The number of rotatable bonds is 2. The van der Waals surface area contributed by atoms with Crippen molar-refractivity contribution < 1.29 is 42.6 Å². The molecule has 3 heteroatoms. The van der Waals surface area contributed by atoms with Crippen LogP contribution in [0.25, 0.3) is 0 Å². The topological polar surface area (TPSA) is 37.3 Å². The molecule has 0 aliphatic heterocycles. The molecule has 0 aromatic carbocycles. The van der Waals surface area contributed by atoms with Crippen molar-refractivity contribution in [1.29, 1.82) is 0 Å². The van der Waals surface area contributed by atoms with Crippen molar-refractivity contribution in [2.45, 2.75) is 26.2 Å². The molecule has 0 atom stereocenters. The first-order valence-electron chi connectivity index (χ1n) is 2.99. The second-order valence-corrected chi connectivity index (χ2v) is 1.60. The van der Waals surface area contributed by atoms with Gasteiger partial charge in [-0.05, 0) is 0 Å². The fraction of sp³-hybridized carbons (Fsp3) is 0.571. The predicted octanol–water partition coefficient (Wildman–Crippen LogP) is 1.91. The summed E-state index contributed by atoms with van der Waals surface area (Å²) in [6.07, 6.45) is 3.65. The van der Waals surface area contributed by atoms with Crippen LogP contribution in [0.1, 0.15) is 26.2 Å². The normalized spacial score (nSPS) is 6.60. The summed E-state index contributed by atoms with van der Waals surface area (Å²) >= 11 is 0. The fourth-order valence-corrected chi connectivity index (χ4v) is 0.250. The van der Waals surface area contributed by atoms with Gasteiger partial charge in [0.25, 0.3) is 0 Å². The van der Waals surface area contributed by atoms with E-state index in [1.54, 1.807) is 0 Å². The van der Waals surface area contributed by atoms with Gasteiger partial charge in [0.2, 0.25) is 0 Å². The zero-order chi connectivity index (χ0) is 7.70. The second-order valence-electron chi connectivity index (χ2n) is 1.60. The summed E-state index contributed by atoms with van der Waals surface area (Å²) < 4.78 is 0. The van der Waals surface area contributed by atoms with E-state index >= 15 is 0 Å².